The molecule has 29 heavy (non-hydrogen) atoms. The number of carbonyl (C=O) groups is 1. The van der Waals surface area contributed by atoms with Gasteiger partial charge in [-0.1, -0.05) is 18.2 Å². The van der Waals surface area contributed by atoms with E-state index in [9.17, 15) is 4.79 Å². The quantitative estimate of drug-likeness (QED) is 0.563. The number of hydrogen-bond donors (Lipinski definition) is 2. The molecule has 6 nitrogen and oxygen atoms in total. The Labute approximate surface area is 169 Å². The zero-order valence-corrected chi connectivity index (χ0v) is 16.7. The highest BCUT2D eigenvalue weighted by atomic mass is 16.1. The molecule has 2 aromatic carbocycles. The van der Waals surface area contributed by atoms with Crippen molar-refractivity contribution in [3.63, 3.8) is 0 Å². The third-order valence-corrected chi connectivity index (χ3v) is 6.06. The number of aromatic nitrogens is 3. The van der Waals surface area contributed by atoms with Crippen LogP contribution in [0.4, 0.5) is 5.69 Å². The maximum Gasteiger partial charge on any atom is 0.229 e. The van der Waals surface area contributed by atoms with E-state index in [2.05, 4.69) is 63.6 Å². The van der Waals surface area contributed by atoms with Gasteiger partial charge in [-0.25, -0.2) is 0 Å². The number of hydrogen-bond acceptors (Lipinski definition) is 3. The van der Waals surface area contributed by atoms with Crippen LogP contribution in [0.1, 0.15) is 18.4 Å². The van der Waals surface area contributed by atoms with E-state index in [1.54, 1.807) is 4.68 Å². The number of amides is 1. The summed E-state index contributed by atoms with van der Waals surface area (Å²) in [7, 11) is 1.91. The Bertz CT molecular complexity index is 1200. The van der Waals surface area contributed by atoms with Gasteiger partial charge in [-0.2, -0.15) is 5.10 Å². The summed E-state index contributed by atoms with van der Waals surface area (Å²) in [6.07, 6.45) is 3.87. The summed E-state index contributed by atoms with van der Waals surface area (Å²) < 4.78 is 4.11. The minimum atomic E-state index is -0.105. The number of anilines is 1. The fourth-order valence-corrected chi connectivity index (χ4v) is 4.64. The molecule has 2 atom stereocenters. The predicted octanol–water partition coefficient (Wildman–Crippen LogP) is 3.49. The summed E-state index contributed by atoms with van der Waals surface area (Å²) in [5.74, 6) is 0.101. The fourth-order valence-electron chi connectivity index (χ4n) is 4.64. The lowest BCUT2D eigenvalue weighted by Gasteiger charge is -2.17. The van der Waals surface area contributed by atoms with Gasteiger partial charge in [0.25, 0.3) is 0 Å². The zero-order valence-electron chi connectivity index (χ0n) is 16.7. The van der Waals surface area contributed by atoms with E-state index >= 15 is 0 Å². The Morgan fingerprint density at radius 3 is 2.79 bits per heavy atom. The standard InChI is InChI=1S/C23H25N5O/c1-3-28-21-7-5-4-6-17(21)18-10-16(8-9-22(18)28)26-23(29)20-13-24-12-19(20)15-11-25-27(2)14-15/h4-11,14,19-20,24H,3,12-13H2,1-2H3,(H,26,29)/t19-,20+/m1/s1. The molecule has 1 fully saturated rings. The van der Waals surface area contributed by atoms with Crippen LogP contribution in [0.3, 0.4) is 0 Å². The third kappa shape index (κ3) is 3.00. The van der Waals surface area contributed by atoms with Crippen LogP contribution in [0.2, 0.25) is 0 Å². The molecule has 6 heteroatoms. The highest BCUT2D eigenvalue weighted by molar-refractivity contribution is 6.10. The van der Waals surface area contributed by atoms with Gasteiger partial charge in [-0.05, 0) is 36.8 Å². The van der Waals surface area contributed by atoms with E-state index in [1.807, 2.05) is 25.5 Å². The number of nitrogens with one attached hydrogen (secondary N) is 2. The van der Waals surface area contributed by atoms with Crippen molar-refractivity contribution in [2.75, 3.05) is 18.4 Å². The van der Waals surface area contributed by atoms with Gasteiger partial charge in [0, 0.05) is 66.3 Å². The van der Waals surface area contributed by atoms with E-state index in [0.717, 1.165) is 24.3 Å². The number of para-hydroxylation sites is 1. The SMILES string of the molecule is CCn1c2ccccc2c2cc(NC(=O)[C@H]3CNC[C@@H]3c3cnn(C)c3)ccc21. The second kappa shape index (κ2) is 7.04. The largest absolute Gasteiger partial charge is 0.341 e. The van der Waals surface area contributed by atoms with Crippen molar-refractivity contribution in [1.29, 1.82) is 0 Å². The number of fused-ring (bicyclic) bond motifs is 3. The maximum atomic E-state index is 13.1. The summed E-state index contributed by atoms with van der Waals surface area (Å²) in [5, 5.41) is 13.2. The second-order valence-electron chi connectivity index (χ2n) is 7.80. The molecular weight excluding hydrogens is 362 g/mol. The molecule has 1 aliphatic rings. The van der Waals surface area contributed by atoms with E-state index < -0.39 is 0 Å². The number of nitrogens with zero attached hydrogens (tertiary/aromatic N) is 3. The van der Waals surface area contributed by atoms with Crippen molar-refractivity contribution in [3.8, 4) is 0 Å². The summed E-state index contributed by atoms with van der Waals surface area (Å²) >= 11 is 0. The second-order valence-corrected chi connectivity index (χ2v) is 7.80. The molecular formula is C23H25N5O. The molecule has 3 heterocycles. The van der Waals surface area contributed by atoms with Crippen LogP contribution in [0.25, 0.3) is 21.8 Å². The molecule has 148 valence electrons. The first-order valence-corrected chi connectivity index (χ1v) is 10.2. The zero-order chi connectivity index (χ0) is 20.0. The lowest BCUT2D eigenvalue weighted by molar-refractivity contribution is -0.119. The van der Waals surface area contributed by atoms with Crippen molar-refractivity contribution in [2.24, 2.45) is 13.0 Å². The van der Waals surface area contributed by atoms with Crippen LogP contribution >= 0.6 is 0 Å². The minimum absolute atomic E-state index is 0.0578. The van der Waals surface area contributed by atoms with E-state index in [4.69, 9.17) is 0 Å². The Hall–Kier alpha value is -3.12. The molecule has 0 unspecified atom stereocenters. The Morgan fingerprint density at radius 1 is 1.17 bits per heavy atom. The first-order valence-electron chi connectivity index (χ1n) is 10.2. The van der Waals surface area contributed by atoms with Gasteiger partial charge in [0.2, 0.25) is 5.91 Å². The van der Waals surface area contributed by atoms with Gasteiger partial charge in [-0.3, -0.25) is 9.48 Å². The average Bonchev–Trinajstić information content (AvgIpc) is 3.44. The molecule has 0 saturated carbocycles. The van der Waals surface area contributed by atoms with Crippen molar-refractivity contribution < 1.29 is 4.79 Å². The molecule has 0 aliphatic carbocycles. The first kappa shape index (κ1) is 17.9. The van der Waals surface area contributed by atoms with Gasteiger partial charge in [0.15, 0.2) is 0 Å². The number of carbonyl (C=O) groups excluding carboxylic acids is 1. The van der Waals surface area contributed by atoms with E-state index in [-0.39, 0.29) is 17.7 Å². The topological polar surface area (TPSA) is 63.9 Å². The number of benzene rings is 2. The Morgan fingerprint density at radius 2 is 2.00 bits per heavy atom. The third-order valence-electron chi connectivity index (χ3n) is 6.06. The van der Waals surface area contributed by atoms with Crippen molar-refractivity contribution in [3.05, 3.63) is 60.4 Å². The summed E-state index contributed by atoms with van der Waals surface area (Å²) in [5.41, 5.74) is 4.38. The molecule has 5 rings (SSSR count). The van der Waals surface area contributed by atoms with Crippen LogP contribution in [-0.2, 0) is 18.4 Å². The Kier molecular flexibility index (Phi) is 4.36. The highest BCUT2D eigenvalue weighted by Crippen LogP contribution is 2.32. The molecule has 0 spiro atoms. The van der Waals surface area contributed by atoms with Crippen LogP contribution in [0.15, 0.2) is 54.9 Å². The van der Waals surface area contributed by atoms with E-state index in [0.29, 0.717) is 6.54 Å². The normalized spacial score (nSPS) is 19.2. The van der Waals surface area contributed by atoms with Crippen molar-refractivity contribution in [1.82, 2.24) is 19.7 Å². The fraction of sp³-hybridized carbons (Fsp3) is 0.304. The van der Waals surface area contributed by atoms with E-state index in [1.165, 1.54) is 21.8 Å². The molecule has 0 bridgehead atoms. The smallest absolute Gasteiger partial charge is 0.229 e. The predicted molar refractivity (Wildman–Crippen MR) is 116 cm³/mol. The lowest BCUT2D eigenvalue weighted by Crippen LogP contribution is -2.28. The van der Waals surface area contributed by atoms with Gasteiger partial charge < -0.3 is 15.2 Å². The summed E-state index contributed by atoms with van der Waals surface area (Å²) in [4.78, 5) is 13.1. The minimum Gasteiger partial charge on any atom is -0.341 e. The van der Waals surface area contributed by atoms with Crippen LogP contribution in [-0.4, -0.2) is 33.3 Å². The van der Waals surface area contributed by atoms with Gasteiger partial charge in [0.05, 0.1) is 12.1 Å². The van der Waals surface area contributed by atoms with Gasteiger partial charge in [-0.15, -0.1) is 0 Å². The average molecular weight is 387 g/mol. The van der Waals surface area contributed by atoms with Crippen molar-refractivity contribution >= 4 is 33.4 Å². The molecule has 2 aromatic heterocycles. The van der Waals surface area contributed by atoms with Gasteiger partial charge >= 0.3 is 0 Å². The van der Waals surface area contributed by atoms with Crippen LogP contribution in [0, 0.1) is 5.92 Å². The van der Waals surface area contributed by atoms with Crippen molar-refractivity contribution in [2.45, 2.75) is 19.4 Å². The van der Waals surface area contributed by atoms with Crippen LogP contribution in [0.5, 0.6) is 0 Å². The highest BCUT2D eigenvalue weighted by Gasteiger charge is 2.34. The molecule has 1 saturated heterocycles. The molecule has 0 radical (unpaired) electrons. The summed E-state index contributed by atoms with van der Waals surface area (Å²) in [6, 6.07) is 14.7. The molecule has 4 aromatic rings. The monoisotopic (exact) mass is 387 g/mol. The summed E-state index contributed by atoms with van der Waals surface area (Å²) in [6.45, 7) is 4.55. The molecule has 1 amide bonds. The lowest BCUT2D eigenvalue weighted by atomic mass is 9.90. The van der Waals surface area contributed by atoms with Crippen LogP contribution < -0.4 is 10.6 Å². The maximum absolute atomic E-state index is 13.1. The Balaban J connectivity index is 1.45. The number of rotatable bonds is 4. The number of aryl methyl sites for hydroxylation is 2. The molecule has 2 N–H and O–H groups in total. The van der Waals surface area contributed by atoms with Gasteiger partial charge in [0.1, 0.15) is 0 Å². The molecule has 1 aliphatic heterocycles. The first-order chi connectivity index (χ1) is 14.2.